The molecule has 1 fully saturated rings. The maximum atomic E-state index is 12.7. The van der Waals surface area contributed by atoms with E-state index in [9.17, 15) is 4.79 Å². The Morgan fingerprint density at radius 1 is 1.35 bits per heavy atom. The van der Waals surface area contributed by atoms with Crippen LogP contribution in [0.15, 0.2) is 9.52 Å². The summed E-state index contributed by atoms with van der Waals surface area (Å²) in [4.78, 5) is 14.5. The van der Waals surface area contributed by atoms with E-state index in [1.807, 2.05) is 6.92 Å². The summed E-state index contributed by atoms with van der Waals surface area (Å²) in [5.74, 6) is 1.14. The van der Waals surface area contributed by atoms with Gasteiger partial charge in [-0.05, 0) is 32.0 Å². The molecule has 3 rings (SSSR count). The van der Waals surface area contributed by atoms with Crippen molar-refractivity contribution in [3.05, 3.63) is 22.6 Å². The number of hydrazone groups is 1. The van der Waals surface area contributed by atoms with E-state index < -0.39 is 0 Å². The first-order valence-corrected chi connectivity index (χ1v) is 8.10. The molecule has 1 aliphatic heterocycles. The molecule has 0 radical (unpaired) electrons. The molecule has 23 heavy (non-hydrogen) atoms. The van der Waals surface area contributed by atoms with E-state index in [2.05, 4.69) is 10.5 Å². The fraction of sp³-hybridized carbons (Fsp3) is 0.533. The highest BCUT2D eigenvalue weighted by Crippen LogP contribution is 2.30. The van der Waals surface area contributed by atoms with Crippen molar-refractivity contribution in [1.29, 1.82) is 0 Å². The Bertz CT molecular complexity index is 662. The Labute approximate surface area is 139 Å². The third kappa shape index (κ3) is 3.23. The van der Waals surface area contributed by atoms with Crippen molar-refractivity contribution in [3.8, 4) is 0 Å². The fourth-order valence-corrected chi connectivity index (χ4v) is 3.06. The van der Waals surface area contributed by atoms with Crippen molar-refractivity contribution < 1.29 is 13.9 Å². The minimum atomic E-state index is -0.0816. The molecule has 7 nitrogen and oxygen atoms in total. The van der Waals surface area contributed by atoms with Crippen LogP contribution in [0.4, 0.5) is 0 Å². The number of rotatable bonds is 2. The van der Waals surface area contributed by atoms with Crippen molar-refractivity contribution in [2.24, 2.45) is 10.8 Å². The molecule has 0 unspecified atom stereocenters. The summed E-state index contributed by atoms with van der Waals surface area (Å²) in [6.45, 7) is 4.21. The number of hydrogen-bond donors (Lipinski definition) is 2. The molecule has 8 heteroatoms. The van der Waals surface area contributed by atoms with Crippen LogP contribution in [0.25, 0.3) is 0 Å². The second-order valence-electron chi connectivity index (χ2n) is 5.65. The average molecular weight is 336 g/mol. The molecule has 0 bridgehead atoms. The van der Waals surface area contributed by atoms with Gasteiger partial charge in [0.15, 0.2) is 10.9 Å². The predicted molar refractivity (Wildman–Crippen MR) is 89.6 cm³/mol. The number of hydrogen-bond acceptors (Lipinski definition) is 5. The molecule has 1 amide bonds. The molecule has 2 aliphatic rings. The number of thiocarbonyl (C=S) groups is 1. The maximum absolute atomic E-state index is 12.7. The molecular formula is C15H20N4O3S. The SMILES string of the molecule is Cc1c(C(=O)N2CCOCC2)oc2c1/C(=N/NC(N)=S)CCC2. The summed E-state index contributed by atoms with van der Waals surface area (Å²) in [7, 11) is 0. The Balaban J connectivity index is 1.91. The van der Waals surface area contributed by atoms with Crippen LogP contribution in [0.1, 0.15) is 40.3 Å². The van der Waals surface area contributed by atoms with E-state index in [1.54, 1.807) is 4.90 Å². The lowest BCUT2D eigenvalue weighted by atomic mass is 9.93. The lowest BCUT2D eigenvalue weighted by Crippen LogP contribution is -2.40. The van der Waals surface area contributed by atoms with Crippen LogP contribution in [0, 0.1) is 6.92 Å². The molecule has 1 aliphatic carbocycles. The summed E-state index contributed by atoms with van der Waals surface area (Å²) >= 11 is 4.79. The topological polar surface area (TPSA) is 93.1 Å². The Morgan fingerprint density at radius 2 is 2.09 bits per heavy atom. The number of furan rings is 1. The first-order chi connectivity index (χ1) is 11.1. The van der Waals surface area contributed by atoms with Gasteiger partial charge < -0.3 is 19.8 Å². The van der Waals surface area contributed by atoms with E-state index in [1.165, 1.54) is 0 Å². The van der Waals surface area contributed by atoms with E-state index in [4.69, 9.17) is 27.1 Å². The quantitative estimate of drug-likeness (QED) is 0.617. The predicted octanol–water partition coefficient (Wildman–Crippen LogP) is 0.934. The van der Waals surface area contributed by atoms with Crippen LogP contribution in [0.5, 0.6) is 0 Å². The van der Waals surface area contributed by atoms with Crippen LogP contribution in [0.2, 0.25) is 0 Å². The summed E-state index contributed by atoms with van der Waals surface area (Å²) in [6.07, 6.45) is 2.52. The van der Waals surface area contributed by atoms with E-state index in [0.29, 0.717) is 32.1 Å². The number of fused-ring (bicyclic) bond motifs is 1. The van der Waals surface area contributed by atoms with Crippen molar-refractivity contribution >= 4 is 28.9 Å². The van der Waals surface area contributed by atoms with Gasteiger partial charge in [-0.25, -0.2) is 0 Å². The molecule has 1 saturated heterocycles. The lowest BCUT2D eigenvalue weighted by molar-refractivity contribution is 0.0281. The number of nitrogens with two attached hydrogens (primary N) is 1. The number of amides is 1. The molecule has 1 aromatic heterocycles. The zero-order valence-corrected chi connectivity index (χ0v) is 13.9. The lowest BCUT2D eigenvalue weighted by Gasteiger charge is -2.26. The van der Waals surface area contributed by atoms with Gasteiger partial charge in [0.05, 0.1) is 18.9 Å². The smallest absolute Gasteiger partial charge is 0.290 e. The standard InChI is InChI=1S/C15H20N4O3S/c1-9-12-10(17-18-15(16)23)3-2-4-11(12)22-13(9)14(20)19-5-7-21-8-6-19/h2-8H2,1H3,(H3,16,18,23)/b17-10+. The molecule has 0 aromatic carbocycles. The van der Waals surface area contributed by atoms with Gasteiger partial charge >= 0.3 is 0 Å². The number of morpholine rings is 1. The average Bonchev–Trinajstić information content (AvgIpc) is 2.90. The summed E-state index contributed by atoms with van der Waals surface area (Å²) in [5.41, 5.74) is 10.6. The molecule has 0 atom stereocenters. The fourth-order valence-electron chi connectivity index (χ4n) is 3.02. The Hall–Kier alpha value is -1.93. The molecule has 2 heterocycles. The highest BCUT2D eigenvalue weighted by Gasteiger charge is 2.30. The largest absolute Gasteiger partial charge is 0.455 e. The van der Waals surface area contributed by atoms with Gasteiger partial charge in [0.1, 0.15) is 5.76 Å². The zero-order chi connectivity index (χ0) is 16.4. The van der Waals surface area contributed by atoms with Gasteiger partial charge in [-0.2, -0.15) is 5.10 Å². The Kier molecular flexibility index (Phi) is 4.63. The number of nitrogens with one attached hydrogen (secondary N) is 1. The normalized spacial score (nSPS) is 19.5. The first-order valence-electron chi connectivity index (χ1n) is 7.69. The van der Waals surface area contributed by atoms with Crippen LogP contribution >= 0.6 is 12.2 Å². The number of carbonyl (C=O) groups excluding carboxylic acids is 1. The highest BCUT2D eigenvalue weighted by molar-refractivity contribution is 7.80. The van der Waals surface area contributed by atoms with Crippen molar-refractivity contribution in [2.45, 2.75) is 26.2 Å². The minimum absolute atomic E-state index is 0.0816. The van der Waals surface area contributed by atoms with Gasteiger partial charge in [0, 0.05) is 30.6 Å². The second kappa shape index (κ2) is 6.67. The van der Waals surface area contributed by atoms with Gasteiger partial charge in [0.2, 0.25) is 0 Å². The molecule has 3 N–H and O–H groups in total. The Morgan fingerprint density at radius 3 is 2.78 bits per heavy atom. The van der Waals surface area contributed by atoms with Crippen molar-refractivity contribution in [1.82, 2.24) is 10.3 Å². The van der Waals surface area contributed by atoms with E-state index in [-0.39, 0.29) is 11.0 Å². The third-order valence-corrected chi connectivity index (χ3v) is 4.21. The van der Waals surface area contributed by atoms with Gasteiger partial charge in [-0.15, -0.1) is 0 Å². The second-order valence-corrected chi connectivity index (χ2v) is 6.09. The molecule has 0 saturated carbocycles. The van der Waals surface area contributed by atoms with Crippen molar-refractivity contribution in [3.63, 3.8) is 0 Å². The van der Waals surface area contributed by atoms with Gasteiger partial charge in [-0.3, -0.25) is 10.2 Å². The van der Waals surface area contributed by atoms with Crippen LogP contribution in [-0.2, 0) is 11.2 Å². The van der Waals surface area contributed by atoms with Gasteiger partial charge in [-0.1, -0.05) is 0 Å². The summed E-state index contributed by atoms with van der Waals surface area (Å²) in [5, 5.41) is 4.39. The third-order valence-electron chi connectivity index (χ3n) is 4.12. The maximum Gasteiger partial charge on any atom is 0.290 e. The number of nitrogens with zero attached hydrogens (tertiary/aromatic N) is 2. The monoisotopic (exact) mass is 336 g/mol. The molecule has 124 valence electrons. The zero-order valence-electron chi connectivity index (χ0n) is 13.1. The molecular weight excluding hydrogens is 316 g/mol. The number of carbonyl (C=O) groups is 1. The van der Waals surface area contributed by atoms with Crippen molar-refractivity contribution in [2.75, 3.05) is 26.3 Å². The van der Waals surface area contributed by atoms with E-state index >= 15 is 0 Å². The van der Waals surface area contributed by atoms with Gasteiger partial charge in [0.25, 0.3) is 5.91 Å². The molecule has 0 spiro atoms. The highest BCUT2D eigenvalue weighted by atomic mass is 32.1. The van der Waals surface area contributed by atoms with Crippen LogP contribution in [0.3, 0.4) is 0 Å². The summed E-state index contributed by atoms with van der Waals surface area (Å²) in [6, 6.07) is 0. The van der Waals surface area contributed by atoms with Crippen LogP contribution in [-0.4, -0.2) is 47.9 Å². The van der Waals surface area contributed by atoms with Crippen LogP contribution < -0.4 is 11.2 Å². The summed E-state index contributed by atoms with van der Waals surface area (Å²) < 4.78 is 11.2. The molecule has 1 aromatic rings. The first kappa shape index (κ1) is 15.9. The minimum Gasteiger partial charge on any atom is -0.455 e. The number of ether oxygens (including phenoxy) is 1. The van der Waals surface area contributed by atoms with E-state index in [0.717, 1.165) is 41.9 Å². The number of aryl methyl sites for hydroxylation is 1.